The number of hydrogen-bond acceptors (Lipinski definition) is 3. The standard InChI is InChI=1S/C11H15O4P/c12-10-7-4-8-11(13,16(10,14)15)9-5-2-1-3-6-9/h1-3,5-6,10,12-13H,4,7-8H2,(H,14,15). The molecule has 16 heavy (non-hydrogen) atoms. The SMILES string of the molecule is O=P1(O)C(O)CCCC1(O)c1ccccc1. The van der Waals surface area contributed by atoms with E-state index in [9.17, 15) is 19.7 Å². The predicted molar refractivity (Wildman–Crippen MR) is 60.0 cm³/mol. The number of rotatable bonds is 1. The quantitative estimate of drug-likeness (QED) is 0.654. The lowest BCUT2D eigenvalue weighted by Gasteiger charge is -2.39. The minimum Gasteiger partial charge on any atom is -0.383 e. The lowest BCUT2D eigenvalue weighted by atomic mass is 10.0. The average molecular weight is 242 g/mol. The first-order chi connectivity index (χ1) is 7.48. The van der Waals surface area contributed by atoms with Gasteiger partial charge in [0, 0.05) is 0 Å². The van der Waals surface area contributed by atoms with Crippen molar-refractivity contribution in [2.24, 2.45) is 0 Å². The molecule has 5 heteroatoms. The van der Waals surface area contributed by atoms with Crippen LogP contribution >= 0.6 is 7.37 Å². The van der Waals surface area contributed by atoms with E-state index in [4.69, 9.17) is 0 Å². The molecule has 0 aromatic heterocycles. The number of hydrogen-bond donors (Lipinski definition) is 3. The number of aliphatic hydroxyl groups is 2. The fourth-order valence-electron chi connectivity index (χ4n) is 2.15. The van der Waals surface area contributed by atoms with Crippen LogP contribution in [0.4, 0.5) is 0 Å². The van der Waals surface area contributed by atoms with Crippen LogP contribution in [-0.2, 0) is 9.91 Å². The molecule has 1 aliphatic rings. The molecule has 0 amide bonds. The molecule has 3 N–H and O–H groups in total. The van der Waals surface area contributed by atoms with Gasteiger partial charge in [-0.15, -0.1) is 0 Å². The third-order valence-electron chi connectivity index (χ3n) is 3.16. The highest BCUT2D eigenvalue weighted by atomic mass is 31.2. The molecule has 1 fully saturated rings. The van der Waals surface area contributed by atoms with Gasteiger partial charge in [-0.2, -0.15) is 0 Å². The Kier molecular flexibility index (Phi) is 2.93. The van der Waals surface area contributed by atoms with Crippen LogP contribution in [0.2, 0.25) is 0 Å². The van der Waals surface area contributed by atoms with Gasteiger partial charge in [0.1, 0.15) is 5.85 Å². The van der Waals surface area contributed by atoms with E-state index in [1.54, 1.807) is 30.3 Å². The summed E-state index contributed by atoms with van der Waals surface area (Å²) in [5, 5.41) is 18.1. The van der Waals surface area contributed by atoms with Gasteiger partial charge in [-0.3, -0.25) is 4.57 Å². The molecule has 1 aromatic carbocycles. The van der Waals surface area contributed by atoms with Gasteiger partial charge in [-0.1, -0.05) is 30.3 Å². The van der Waals surface area contributed by atoms with Gasteiger partial charge >= 0.3 is 0 Å². The van der Waals surface area contributed by atoms with Crippen LogP contribution in [0, 0.1) is 0 Å². The van der Waals surface area contributed by atoms with Crippen LogP contribution in [0.5, 0.6) is 0 Å². The van der Waals surface area contributed by atoms with E-state index >= 15 is 0 Å². The van der Waals surface area contributed by atoms with Crippen LogP contribution in [0.1, 0.15) is 24.8 Å². The largest absolute Gasteiger partial charge is 0.383 e. The van der Waals surface area contributed by atoms with E-state index in [0.717, 1.165) is 0 Å². The van der Waals surface area contributed by atoms with Gasteiger partial charge in [0.15, 0.2) is 5.34 Å². The van der Waals surface area contributed by atoms with E-state index in [2.05, 4.69) is 0 Å². The summed E-state index contributed by atoms with van der Waals surface area (Å²) in [6.45, 7) is 0. The van der Waals surface area contributed by atoms with Gasteiger partial charge in [0.25, 0.3) is 7.37 Å². The summed E-state index contributed by atoms with van der Waals surface area (Å²) in [6.07, 6.45) is 1.02. The minimum atomic E-state index is -4.01. The summed E-state index contributed by atoms with van der Waals surface area (Å²) in [7, 11) is -4.01. The average Bonchev–Trinajstić information content (AvgIpc) is 2.28. The maximum absolute atomic E-state index is 12.1. The number of benzene rings is 1. The summed E-state index contributed by atoms with van der Waals surface area (Å²) >= 11 is 0. The first kappa shape index (κ1) is 11.8. The summed E-state index contributed by atoms with van der Waals surface area (Å²) in [4.78, 5) is 9.87. The fourth-order valence-corrected chi connectivity index (χ4v) is 4.17. The predicted octanol–water partition coefficient (Wildman–Crippen LogP) is 1.60. The van der Waals surface area contributed by atoms with Gasteiger partial charge in [-0.05, 0) is 24.8 Å². The van der Waals surface area contributed by atoms with E-state index in [1.807, 2.05) is 0 Å². The third-order valence-corrected chi connectivity index (χ3v) is 5.77. The van der Waals surface area contributed by atoms with Crippen LogP contribution in [0.3, 0.4) is 0 Å². The van der Waals surface area contributed by atoms with Gasteiger partial charge in [0.05, 0.1) is 0 Å². The van der Waals surface area contributed by atoms with Crippen LogP contribution in [-0.4, -0.2) is 21.0 Å². The van der Waals surface area contributed by atoms with Gasteiger partial charge in [0.2, 0.25) is 0 Å². The molecule has 0 spiro atoms. The molecule has 1 aliphatic heterocycles. The lowest BCUT2D eigenvalue weighted by molar-refractivity contribution is 0.0604. The highest BCUT2D eigenvalue weighted by Gasteiger charge is 2.53. The second kappa shape index (κ2) is 3.97. The third kappa shape index (κ3) is 1.62. The molecule has 3 unspecified atom stereocenters. The molecular formula is C11H15O4P. The zero-order chi connectivity index (χ0) is 11.8. The van der Waals surface area contributed by atoms with Gasteiger partial charge < -0.3 is 15.1 Å². The van der Waals surface area contributed by atoms with Crippen molar-refractivity contribution in [1.29, 1.82) is 0 Å². The molecule has 1 heterocycles. The Hall–Kier alpha value is -0.670. The van der Waals surface area contributed by atoms with Gasteiger partial charge in [-0.25, -0.2) is 0 Å². The maximum Gasteiger partial charge on any atom is 0.263 e. The molecule has 3 atom stereocenters. The zero-order valence-corrected chi connectivity index (χ0v) is 9.68. The van der Waals surface area contributed by atoms with Crippen molar-refractivity contribution in [3.8, 4) is 0 Å². The highest BCUT2D eigenvalue weighted by Crippen LogP contribution is 2.66. The Labute approximate surface area is 94.0 Å². The van der Waals surface area contributed by atoms with E-state index in [1.165, 1.54) is 0 Å². The smallest absolute Gasteiger partial charge is 0.263 e. The molecule has 88 valence electrons. The van der Waals surface area contributed by atoms with Crippen molar-refractivity contribution in [3.63, 3.8) is 0 Å². The Balaban J connectivity index is 2.48. The Morgan fingerprint density at radius 1 is 1.31 bits per heavy atom. The molecule has 0 saturated carbocycles. The minimum absolute atomic E-state index is 0.210. The zero-order valence-electron chi connectivity index (χ0n) is 8.78. The topological polar surface area (TPSA) is 77.8 Å². The molecule has 1 saturated heterocycles. The van der Waals surface area contributed by atoms with Crippen LogP contribution in [0.15, 0.2) is 30.3 Å². The summed E-state index contributed by atoms with van der Waals surface area (Å²) in [5.74, 6) is -1.33. The molecule has 1 aromatic rings. The molecule has 0 aliphatic carbocycles. The normalized spacial score (nSPS) is 39.6. The molecule has 0 radical (unpaired) electrons. The molecule has 0 bridgehead atoms. The summed E-state index contributed by atoms with van der Waals surface area (Å²) < 4.78 is 12.1. The second-order valence-electron chi connectivity index (χ2n) is 4.18. The summed E-state index contributed by atoms with van der Waals surface area (Å²) in [6, 6.07) is 8.40. The van der Waals surface area contributed by atoms with E-state index in [-0.39, 0.29) is 12.8 Å². The molecular weight excluding hydrogens is 227 g/mol. The Morgan fingerprint density at radius 2 is 1.94 bits per heavy atom. The van der Waals surface area contributed by atoms with Crippen LogP contribution < -0.4 is 0 Å². The first-order valence-corrected chi connectivity index (χ1v) is 7.00. The van der Waals surface area contributed by atoms with Crippen LogP contribution in [0.25, 0.3) is 0 Å². The van der Waals surface area contributed by atoms with E-state index < -0.39 is 18.6 Å². The van der Waals surface area contributed by atoms with Crippen molar-refractivity contribution < 1.29 is 19.7 Å². The first-order valence-electron chi connectivity index (χ1n) is 5.27. The van der Waals surface area contributed by atoms with Crippen molar-refractivity contribution in [2.45, 2.75) is 30.4 Å². The second-order valence-corrected chi connectivity index (χ2v) is 6.76. The highest BCUT2D eigenvalue weighted by molar-refractivity contribution is 7.59. The monoisotopic (exact) mass is 242 g/mol. The van der Waals surface area contributed by atoms with E-state index in [0.29, 0.717) is 12.0 Å². The molecule has 4 nitrogen and oxygen atoms in total. The molecule has 2 rings (SSSR count). The number of aliphatic hydroxyl groups excluding tert-OH is 1. The fraction of sp³-hybridized carbons (Fsp3) is 0.455. The van der Waals surface area contributed by atoms with Crippen molar-refractivity contribution in [1.82, 2.24) is 0 Å². The maximum atomic E-state index is 12.1. The lowest BCUT2D eigenvalue weighted by Crippen LogP contribution is -2.34. The Morgan fingerprint density at radius 3 is 2.56 bits per heavy atom. The van der Waals surface area contributed by atoms with Crippen molar-refractivity contribution >= 4 is 7.37 Å². The van der Waals surface area contributed by atoms with Crippen molar-refractivity contribution in [3.05, 3.63) is 35.9 Å². The Bertz CT molecular complexity index is 419. The summed E-state index contributed by atoms with van der Waals surface area (Å²) in [5.41, 5.74) is 0.402. The van der Waals surface area contributed by atoms with Crippen molar-refractivity contribution in [2.75, 3.05) is 0 Å².